The number of nitrogens with one attached hydrogen (secondary N) is 2. The molecule has 6 nitrogen and oxygen atoms in total. The third kappa shape index (κ3) is 2.18. The molecule has 1 aromatic carbocycles. The van der Waals surface area contributed by atoms with Crippen LogP contribution in [0, 0.1) is 0 Å². The van der Waals surface area contributed by atoms with Gasteiger partial charge in [0.1, 0.15) is 5.56 Å². The second-order valence-electron chi connectivity index (χ2n) is 5.44. The number of carbonyl (C=O) groups excluding carboxylic acids is 1. The van der Waals surface area contributed by atoms with Crippen molar-refractivity contribution in [2.45, 2.75) is 18.9 Å². The molecule has 0 spiro atoms. The van der Waals surface area contributed by atoms with Crippen molar-refractivity contribution in [1.29, 1.82) is 0 Å². The minimum absolute atomic E-state index is 0.196. The number of aromatic amines is 1. The molecule has 0 unspecified atom stereocenters. The largest absolute Gasteiger partial charge is 0.349 e. The molecule has 1 amide bonds. The Balaban J connectivity index is 1.84. The van der Waals surface area contributed by atoms with E-state index >= 15 is 0 Å². The monoisotopic (exact) mass is 294 g/mol. The van der Waals surface area contributed by atoms with Crippen LogP contribution < -0.4 is 10.9 Å². The van der Waals surface area contributed by atoms with Crippen molar-refractivity contribution in [1.82, 2.24) is 19.9 Å². The van der Waals surface area contributed by atoms with Crippen molar-refractivity contribution in [2.75, 3.05) is 0 Å². The van der Waals surface area contributed by atoms with E-state index in [1.54, 1.807) is 0 Å². The van der Waals surface area contributed by atoms with Gasteiger partial charge in [-0.05, 0) is 12.8 Å². The van der Waals surface area contributed by atoms with Gasteiger partial charge in [0.2, 0.25) is 0 Å². The van der Waals surface area contributed by atoms with Gasteiger partial charge in [-0.25, -0.2) is 9.50 Å². The maximum atomic E-state index is 12.2. The molecule has 1 fully saturated rings. The van der Waals surface area contributed by atoms with Gasteiger partial charge in [0.15, 0.2) is 5.65 Å². The van der Waals surface area contributed by atoms with Crippen LogP contribution in [0.2, 0.25) is 0 Å². The zero-order valence-electron chi connectivity index (χ0n) is 11.7. The van der Waals surface area contributed by atoms with E-state index in [-0.39, 0.29) is 17.5 Å². The number of rotatable bonds is 3. The molecule has 2 heterocycles. The first-order valence-corrected chi connectivity index (χ1v) is 7.20. The molecule has 6 heteroatoms. The Bertz CT molecular complexity index is 907. The molecule has 4 rings (SSSR count). The Morgan fingerprint density at radius 2 is 2.05 bits per heavy atom. The number of aromatic nitrogens is 3. The lowest BCUT2D eigenvalue weighted by atomic mass is 10.1. The van der Waals surface area contributed by atoms with Gasteiger partial charge in [-0.3, -0.25) is 14.7 Å². The Kier molecular flexibility index (Phi) is 2.82. The normalized spacial score (nSPS) is 14.2. The summed E-state index contributed by atoms with van der Waals surface area (Å²) >= 11 is 0. The van der Waals surface area contributed by atoms with Gasteiger partial charge in [0, 0.05) is 23.9 Å². The molecule has 1 aliphatic rings. The predicted molar refractivity (Wildman–Crippen MR) is 81.7 cm³/mol. The van der Waals surface area contributed by atoms with Gasteiger partial charge in [0.25, 0.3) is 11.5 Å². The molecule has 0 saturated heterocycles. The van der Waals surface area contributed by atoms with Gasteiger partial charge in [0.05, 0.1) is 5.69 Å². The van der Waals surface area contributed by atoms with E-state index in [0.717, 1.165) is 18.4 Å². The van der Waals surface area contributed by atoms with Gasteiger partial charge in [-0.1, -0.05) is 30.3 Å². The zero-order chi connectivity index (χ0) is 15.1. The first-order valence-electron chi connectivity index (χ1n) is 7.20. The lowest BCUT2D eigenvalue weighted by Crippen LogP contribution is -2.25. The molecular formula is C16H14N4O2. The summed E-state index contributed by atoms with van der Waals surface area (Å²) in [5.74, 6) is -0.196. The first-order chi connectivity index (χ1) is 10.7. The van der Waals surface area contributed by atoms with Gasteiger partial charge >= 0.3 is 0 Å². The quantitative estimate of drug-likeness (QED) is 0.769. The van der Waals surface area contributed by atoms with Crippen LogP contribution in [0.15, 0.2) is 47.4 Å². The second-order valence-corrected chi connectivity index (χ2v) is 5.44. The maximum absolute atomic E-state index is 12.2. The molecule has 1 saturated carbocycles. The highest BCUT2D eigenvalue weighted by Crippen LogP contribution is 2.20. The Labute approximate surface area is 125 Å². The number of fused-ring (bicyclic) bond motifs is 1. The summed E-state index contributed by atoms with van der Waals surface area (Å²) in [4.78, 5) is 28.9. The summed E-state index contributed by atoms with van der Waals surface area (Å²) in [6, 6.07) is 11.2. The fraction of sp³-hybridized carbons (Fsp3) is 0.188. The zero-order valence-corrected chi connectivity index (χ0v) is 11.7. The highest BCUT2D eigenvalue weighted by Gasteiger charge is 2.25. The van der Waals surface area contributed by atoms with Crippen LogP contribution in [0.1, 0.15) is 23.2 Å². The average Bonchev–Trinajstić information content (AvgIpc) is 3.23. The number of carbonyl (C=O) groups is 1. The number of hydrogen-bond donors (Lipinski definition) is 2. The third-order valence-corrected chi connectivity index (χ3v) is 3.72. The molecular weight excluding hydrogens is 280 g/mol. The van der Waals surface area contributed by atoms with Crippen molar-refractivity contribution in [2.24, 2.45) is 0 Å². The summed E-state index contributed by atoms with van der Waals surface area (Å²) in [6.45, 7) is 0. The molecule has 2 N–H and O–H groups in total. The van der Waals surface area contributed by atoms with Crippen LogP contribution in [0.3, 0.4) is 0 Å². The lowest BCUT2D eigenvalue weighted by molar-refractivity contribution is 0.0952. The summed E-state index contributed by atoms with van der Waals surface area (Å²) < 4.78 is 1.29. The molecule has 2 aromatic heterocycles. The number of H-pyrrole nitrogens is 1. The topological polar surface area (TPSA) is 79.3 Å². The van der Waals surface area contributed by atoms with Gasteiger partial charge in [-0.2, -0.15) is 0 Å². The molecule has 1 aliphatic carbocycles. The molecule has 110 valence electrons. The van der Waals surface area contributed by atoms with E-state index in [1.807, 2.05) is 30.3 Å². The average molecular weight is 294 g/mol. The standard InChI is InChI=1S/C16H14N4O2/c21-14-8-13(10-4-2-1-3-5-10)19-15-12(9-17-20(14)15)16(22)18-11-6-7-11/h1-5,8-9,11,17H,6-7H2,(H,18,22). The maximum Gasteiger partial charge on any atom is 0.273 e. The van der Waals surface area contributed by atoms with Crippen LogP contribution >= 0.6 is 0 Å². The van der Waals surface area contributed by atoms with Crippen LogP contribution in [0.4, 0.5) is 0 Å². The lowest BCUT2D eigenvalue weighted by Gasteiger charge is -2.03. The highest BCUT2D eigenvalue weighted by atomic mass is 16.2. The summed E-state index contributed by atoms with van der Waals surface area (Å²) in [7, 11) is 0. The number of hydrogen-bond acceptors (Lipinski definition) is 3. The smallest absolute Gasteiger partial charge is 0.273 e. The molecule has 3 aromatic rings. The van der Waals surface area contributed by atoms with Gasteiger partial charge in [-0.15, -0.1) is 0 Å². The summed E-state index contributed by atoms with van der Waals surface area (Å²) in [6.07, 6.45) is 3.55. The van der Waals surface area contributed by atoms with E-state index in [0.29, 0.717) is 16.9 Å². The van der Waals surface area contributed by atoms with E-state index in [9.17, 15) is 9.59 Å². The van der Waals surface area contributed by atoms with Crippen molar-refractivity contribution >= 4 is 11.6 Å². The fourth-order valence-corrected chi connectivity index (χ4v) is 2.40. The Morgan fingerprint density at radius 3 is 2.77 bits per heavy atom. The van der Waals surface area contributed by atoms with E-state index < -0.39 is 0 Å². The molecule has 0 aliphatic heterocycles. The number of benzene rings is 1. The first kappa shape index (κ1) is 12.8. The minimum Gasteiger partial charge on any atom is -0.349 e. The van der Waals surface area contributed by atoms with E-state index in [1.165, 1.54) is 16.8 Å². The SMILES string of the molecule is O=C(NC1CC1)c1c[nH]n2c(=O)cc(-c3ccccc3)nc12. The van der Waals surface area contributed by atoms with Crippen molar-refractivity contribution in [3.63, 3.8) is 0 Å². The highest BCUT2D eigenvalue weighted by molar-refractivity contribution is 6.00. The molecule has 0 atom stereocenters. The molecule has 0 bridgehead atoms. The van der Waals surface area contributed by atoms with Crippen LogP contribution in [-0.2, 0) is 0 Å². The van der Waals surface area contributed by atoms with Crippen molar-refractivity contribution in [3.8, 4) is 11.3 Å². The van der Waals surface area contributed by atoms with Crippen LogP contribution in [0.25, 0.3) is 16.9 Å². The van der Waals surface area contributed by atoms with Crippen molar-refractivity contribution < 1.29 is 4.79 Å². The second kappa shape index (κ2) is 4.84. The summed E-state index contributed by atoms with van der Waals surface area (Å²) in [5, 5.41) is 5.70. The van der Waals surface area contributed by atoms with Gasteiger partial charge < -0.3 is 5.32 Å². The predicted octanol–water partition coefficient (Wildman–Crippen LogP) is 1.58. The molecule has 0 radical (unpaired) electrons. The Morgan fingerprint density at radius 1 is 1.27 bits per heavy atom. The van der Waals surface area contributed by atoms with E-state index in [4.69, 9.17) is 0 Å². The Hall–Kier alpha value is -2.89. The fourth-order valence-electron chi connectivity index (χ4n) is 2.40. The van der Waals surface area contributed by atoms with Crippen LogP contribution in [-0.4, -0.2) is 26.5 Å². The number of amides is 1. The van der Waals surface area contributed by atoms with Crippen molar-refractivity contribution in [3.05, 3.63) is 58.5 Å². The third-order valence-electron chi connectivity index (χ3n) is 3.72. The molecule has 22 heavy (non-hydrogen) atoms. The van der Waals surface area contributed by atoms with E-state index in [2.05, 4.69) is 15.4 Å². The van der Waals surface area contributed by atoms with Crippen LogP contribution in [0.5, 0.6) is 0 Å². The number of nitrogens with zero attached hydrogens (tertiary/aromatic N) is 2. The summed E-state index contributed by atoms with van der Waals surface area (Å²) in [5.41, 5.74) is 1.91. The minimum atomic E-state index is -0.241.